The fraction of sp³-hybridized carbons (Fsp3) is 0.167. The minimum Gasteiger partial charge on any atom is -0.507 e. The number of aliphatic hydroxyl groups excluding tert-OH is 1. The highest BCUT2D eigenvalue weighted by Gasteiger charge is 2.48. The Balaban J connectivity index is 1.67. The van der Waals surface area contributed by atoms with E-state index in [4.69, 9.17) is 20.8 Å². The first-order chi connectivity index (χ1) is 14.9. The Morgan fingerprint density at radius 3 is 2.71 bits per heavy atom. The highest BCUT2D eigenvalue weighted by Crippen LogP contribution is 2.43. The molecule has 0 saturated carbocycles. The molecular formula is C24H18ClNO5. The number of aliphatic hydroxyl groups is 1. The summed E-state index contributed by atoms with van der Waals surface area (Å²) in [6.07, 6.45) is 2.21. The smallest absolute Gasteiger partial charge is 0.300 e. The topological polar surface area (TPSA) is 80.0 Å². The molecule has 2 unspecified atom stereocenters. The van der Waals surface area contributed by atoms with Gasteiger partial charge in [-0.2, -0.15) is 0 Å². The van der Waals surface area contributed by atoms with E-state index in [0.29, 0.717) is 28.5 Å². The third-order valence-corrected chi connectivity index (χ3v) is 5.75. The number of rotatable bonds is 3. The molecule has 0 aliphatic carbocycles. The number of ketones is 1. The molecule has 1 aromatic heterocycles. The number of anilines is 1. The van der Waals surface area contributed by atoms with Crippen molar-refractivity contribution >= 4 is 34.7 Å². The van der Waals surface area contributed by atoms with Crippen molar-refractivity contribution in [2.75, 3.05) is 4.90 Å². The van der Waals surface area contributed by atoms with Crippen LogP contribution in [-0.4, -0.2) is 22.9 Å². The molecule has 156 valence electrons. The number of carbonyl (C=O) groups is 2. The molecule has 5 rings (SSSR count). The van der Waals surface area contributed by atoms with E-state index < -0.39 is 17.7 Å². The first-order valence-electron chi connectivity index (χ1n) is 9.84. The summed E-state index contributed by atoms with van der Waals surface area (Å²) < 4.78 is 11.3. The first kappa shape index (κ1) is 19.5. The van der Waals surface area contributed by atoms with Crippen LogP contribution in [0.1, 0.15) is 29.9 Å². The van der Waals surface area contributed by atoms with Crippen LogP contribution in [0.4, 0.5) is 5.69 Å². The quantitative estimate of drug-likeness (QED) is 0.360. The van der Waals surface area contributed by atoms with Crippen molar-refractivity contribution < 1.29 is 23.8 Å². The molecule has 0 radical (unpaired) electrons. The Kier molecular flexibility index (Phi) is 4.59. The van der Waals surface area contributed by atoms with Crippen molar-refractivity contribution in [1.29, 1.82) is 0 Å². The summed E-state index contributed by atoms with van der Waals surface area (Å²) in [6, 6.07) is 14.3. The second-order valence-electron chi connectivity index (χ2n) is 7.62. The number of furan rings is 1. The van der Waals surface area contributed by atoms with E-state index in [-0.39, 0.29) is 17.4 Å². The van der Waals surface area contributed by atoms with Gasteiger partial charge < -0.3 is 14.3 Å². The summed E-state index contributed by atoms with van der Waals surface area (Å²) >= 11 is 6.12. The van der Waals surface area contributed by atoms with E-state index in [9.17, 15) is 14.7 Å². The van der Waals surface area contributed by atoms with Crippen LogP contribution in [0.5, 0.6) is 5.75 Å². The van der Waals surface area contributed by atoms with Crippen LogP contribution < -0.4 is 9.64 Å². The number of ether oxygens (including phenoxy) is 1. The largest absolute Gasteiger partial charge is 0.507 e. The lowest BCUT2D eigenvalue weighted by Gasteiger charge is -2.23. The number of hydrogen-bond acceptors (Lipinski definition) is 5. The molecule has 3 heterocycles. The van der Waals surface area contributed by atoms with Gasteiger partial charge in [0.25, 0.3) is 11.7 Å². The van der Waals surface area contributed by atoms with Crippen LogP contribution in [0.15, 0.2) is 70.9 Å². The molecule has 2 aromatic carbocycles. The number of amides is 1. The van der Waals surface area contributed by atoms with Gasteiger partial charge in [-0.05, 0) is 61.0 Å². The lowest BCUT2D eigenvalue weighted by atomic mass is 9.97. The lowest BCUT2D eigenvalue weighted by molar-refractivity contribution is -0.132. The Morgan fingerprint density at radius 1 is 1.13 bits per heavy atom. The van der Waals surface area contributed by atoms with E-state index in [2.05, 4.69) is 0 Å². The Labute approximate surface area is 183 Å². The zero-order chi connectivity index (χ0) is 21.7. The number of fused-ring (bicyclic) bond motifs is 1. The molecule has 1 fully saturated rings. The van der Waals surface area contributed by atoms with Crippen LogP contribution in [0, 0.1) is 0 Å². The molecule has 2 atom stereocenters. The minimum absolute atomic E-state index is 0.0353. The second-order valence-corrected chi connectivity index (χ2v) is 8.06. The number of halogens is 1. The van der Waals surface area contributed by atoms with Crippen molar-refractivity contribution in [3.63, 3.8) is 0 Å². The number of hydrogen-bond donors (Lipinski definition) is 1. The Hall–Kier alpha value is -3.51. The maximum absolute atomic E-state index is 13.1. The lowest BCUT2D eigenvalue weighted by Crippen LogP contribution is -2.29. The van der Waals surface area contributed by atoms with Gasteiger partial charge in [-0.3, -0.25) is 14.5 Å². The SMILES string of the molecule is CC1Cc2cc(/C(O)=C3/C(=O)C(=O)N(c4cccc(Cl)c4)C3c3ccco3)ccc2O1. The van der Waals surface area contributed by atoms with Crippen molar-refractivity contribution in [1.82, 2.24) is 0 Å². The fourth-order valence-corrected chi connectivity index (χ4v) is 4.35. The van der Waals surface area contributed by atoms with Gasteiger partial charge in [-0.1, -0.05) is 17.7 Å². The van der Waals surface area contributed by atoms with Crippen molar-refractivity contribution in [3.8, 4) is 5.75 Å². The van der Waals surface area contributed by atoms with E-state index in [1.807, 2.05) is 6.92 Å². The van der Waals surface area contributed by atoms with Gasteiger partial charge in [0.1, 0.15) is 29.4 Å². The Morgan fingerprint density at radius 2 is 1.97 bits per heavy atom. The molecule has 0 spiro atoms. The molecule has 3 aromatic rings. The second kappa shape index (κ2) is 7.32. The van der Waals surface area contributed by atoms with Gasteiger partial charge in [-0.25, -0.2) is 0 Å². The third kappa shape index (κ3) is 3.20. The van der Waals surface area contributed by atoms with Crippen LogP contribution in [-0.2, 0) is 16.0 Å². The van der Waals surface area contributed by atoms with Gasteiger partial charge in [0.15, 0.2) is 0 Å². The molecule has 1 N–H and O–H groups in total. The molecule has 7 heteroatoms. The van der Waals surface area contributed by atoms with E-state index >= 15 is 0 Å². The number of benzene rings is 2. The number of carbonyl (C=O) groups excluding carboxylic acids is 2. The first-order valence-corrected chi connectivity index (χ1v) is 10.2. The summed E-state index contributed by atoms with van der Waals surface area (Å²) in [4.78, 5) is 27.4. The molecule has 2 aliphatic heterocycles. The van der Waals surface area contributed by atoms with Gasteiger partial charge in [-0.15, -0.1) is 0 Å². The summed E-state index contributed by atoms with van der Waals surface area (Å²) in [6.45, 7) is 1.97. The highest BCUT2D eigenvalue weighted by atomic mass is 35.5. The number of nitrogens with zero attached hydrogens (tertiary/aromatic N) is 1. The predicted molar refractivity (Wildman–Crippen MR) is 115 cm³/mol. The highest BCUT2D eigenvalue weighted by molar-refractivity contribution is 6.51. The average molecular weight is 436 g/mol. The van der Waals surface area contributed by atoms with Crippen molar-refractivity contribution in [2.24, 2.45) is 0 Å². The third-order valence-electron chi connectivity index (χ3n) is 5.51. The zero-order valence-electron chi connectivity index (χ0n) is 16.5. The van der Waals surface area contributed by atoms with Gasteiger partial charge in [0.05, 0.1) is 11.8 Å². The molecule has 1 amide bonds. The van der Waals surface area contributed by atoms with E-state index in [0.717, 1.165) is 11.3 Å². The van der Waals surface area contributed by atoms with Gasteiger partial charge in [0.2, 0.25) is 0 Å². The summed E-state index contributed by atoms with van der Waals surface area (Å²) in [7, 11) is 0. The van der Waals surface area contributed by atoms with Crippen LogP contribution in [0.25, 0.3) is 5.76 Å². The number of Topliss-reactive ketones (excluding diaryl/α,β-unsaturated/α-hetero) is 1. The average Bonchev–Trinajstić information content (AvgIpc) is 3.45. The summed E-state index contributed by atoms with van der Waals surface area (Å²) in [5, 5.41) is 11.6. The molecule has 6 nitrogen and oxygen atoms in total. The molecule has 2 aliphatic rings. The van der Waals surface area contributed by atoms with Gasteiger partial charge in [0, 0.05) is 22.7 Å². The standard InChI is InChI=1S/C24H18ClNO5/c1-13-10-15-11-14(7-8-18(15)31-13)22(27)20-21(19-6-3-9-30-19)26(24(29)23(20)28)17-5-2-4-16(25)12-17/h2-9,11-13,21,27H,10H2,1H3/b22-20-. The molecule has 1 saturated heterocycles. The van der Waals surface area contributed by atoms with E-state index in [1.54, 1.807) is 54.6 Å². The van der Waals surface area contributed by atoms with Crippen molar-refractivity contribution in [3.05, 3.63) is 88.3 Å². The maximum Gasteiger partial charge on any atom is 0.300 e. The van der Waals surface area contributed by atoms with Crippen LogP contribution in [0.3, 0.4) is 0 Å². The molecular weight excluding hydrogens is 418 g/mol. The van der Waals surface area contributed by atoms with Crippen LogP contribution >= 0.6 is 11.6 Å². The fourth-order valence-electron chi connectivity index (χ4n) is 4.17. The molecule has 0 bridgehead atoms. The zero-order valence-corrected chi connectivity index (χ0v) is 17.3. The summed E-state index contributed by atoms with van der Waals surface area (Å²) in [5.41, 5.74) is 1.78. The summed E-state index contributed by atoms with van der Waals surface area (Å²) in [5.74, 6) is -0.691. The normalized spacial score (nSPS) is 21.9. The van der Waals surface area contributed by atoms with Gasteiger partial charge >= 0.3 is 0 Å². The maximum atomic E-state index is 13.1. The predicted octanol–water partition coefficient (Wildman–Crippen LogP) is 4.88. The monoisotopic (exact) mass is 435 g/mol. The van der Waals surface area contributed by atoms with Crippen molar-refractivity contribution in [2.45, 2.75) is 25.5 Å². The minimum atomic E-state index is -0.920. The molecule has 31 heavy (non-hydrogen) atoms. The Bertz CT molecular complexity index is 1230. The van der Waals surface area contributed by atoms with Crippen LogP contribution in [0.2, 0.25) is 5.02 Å². The van der Waals surface area contributed by atoms with E-state index in [1.165, 1.54) is 11.2 Å².